The molecule has 1 nitrogen and oxygen atoms in total. The van der Waals surface area contributed by atoms with Crippen molar-refractivity contribution >= 4 is 198 Å². The van der Waals surface area contributed by atoms with Crippen LogP contribution in [0.15, 0.2) is 84.8 Å². The molecule has 418 valence electrons. The minimum atomic E-state index is -4.23. The third-order valence-electron chi connectivity index (χ3n) is 2.07. The monoisotopic (exact) mass is 1810 g/mol. The molecule has 0 spiro atoms. The Balaban J connectivity index is -0.0000000423. The average molecular weight is 1820 g/mol. The molecule has 0 heterocycles. The van der Waals surface area contributed by atoms with E-state index in [0.717, 1.165) is 0 Å². The van der Waals surface area contributed by atoms with E-state index in [-0.39, 0.29) is 91.7 Å². The summed E-state index contributed by atoms with van der Waals surface area (Å²) in [5, 5.41) is -12.7. The molecule has 0 aromatic carbocycles. The zero-order valence-corrected chi connectivity index (χ0v) is 56.5. The molecule has 0 bridgehead atoms. The topological polar surface area (TPSA) is 30.0 Å². The van der Waals surface area contributed by atoms with Crippen molar-refractivity contribution in [3.8, 4) is 0 Å². The van der Waals surface area contributed by atoms with Crippen LogP contribution in [-0.4, -0.2) is 35.3 Å². The Labute approximate surface area is 535 Å². The number of allylic oxidation sites excluding steroid dienone is 2. The third kappa shape index (κ3) is 118. The molecule has 49 heteroatoms. The summed E-state index contributed by atoms with van der Waals surface area (Å²) in [6.45, 7) is 0. The molecule has 0 aliphatic rings. The van der Waals surface area contributed by atoms with E-state index in [1.54, 1.807) is 31.9 Å². The van der Waals surface area contributed by atoms with E-state index in [9.17, 15) is 132 Å². The van der Waals surface area contributed by atoms with Gasteiger partial charge in [0, 0.05) is 19.5 Å². The first-order valence-electron chi connectivity index (χ1n) is 11.8. The zero-order chi connectivity index (χ0) is 58.7. The molecule has 2 unspecified atom stereocenters. The SMILES string of the molecule is ClC(Cl)=C(Cl)Cl.FC(Br)C(F)(F)Br.FC(Br)C(F)(F)Br.FC(F)(Cl)C(F)(Cl)Cl.FC(F)=C(F)Br.FC(F)=C(F)C(F)=C(F)F.FC(F)=C(F)Cl.FC(F)=C(F)Cl.FC=C(F)F.F[C-]=C(F)F.[K+].[OH-].[Zn+][Br].[Zn]. The summed E-state index contributed by atoms with van der Waals surface area (Å²) < 4.78 is 320. The summed E-state index contributed by atoms with van der Waals surface area (Å²) in [7, 11) is 0. The van der Waals surface area contributed by atoms with Crippen molar-refractivity contribution in [3.05, 3.63) is 91.2 Å². The van der Waals surface area contributed by atoms with Crippen molar-refractivity contribution < 1.29 is 224 Å². The van der Waals surface area contributed by atoms with Gasteiger partial charge in [-0.1, -0.05) is 69.6 Å². The second-order valence-corrected chi connectivity index (χ2v) is 15.4. The largest absolute Gasteiger partial charge is 0 e. The summed E-state index contributed by atoms with van der Waals surface area (Å²) in [4.78, 5) is -6.88. The molecule has 0 saturated heterocycles. The Morgan fingerprint density at radius 3 is 0.648 bits per heavy atom. The van der Waals surface area contributed by atoms with Gasteiger partial charge in [-0.2, -0.15) is 105 Å². The first-order chi connectivity index (χ1) is 29.7. The Kier molecular flexibility index (Phi) is 101. The predicted molar refractivity (Wildman–Crippen MR) is 217 cm³/mol. The molecule has 0 aromatic rings. The van der Waals surface area contributed by atoms with E-state index in [1.165, 1.54) is 16.3 Å². The maximum absolute atomic E-state index is 11.5. The molecule has 0 aliphatic carbocycles. The fourth-order valence-corrected chi connectivity index (χ4v) is 0.166. The first-order valence-corrected chi connectivity index (χ1v) is 26.4. The van der Waals surface area contributed by atoms with Crippen LogP contribution >= 0.6 is 198 Å². The fourth-order valence-electron chi connectivity index (χ4n) is 0.166. The van der Waals surface area contributed by atoms with Crippen LogP contribution in [0.2, 0.25) is 0 Å². The van der Waals surface area contributed by atoms with E-state index in [1.807, 2.05) is 47.8 Å². The smallest absolute Gasteiger partial charge is 0 e. The van der Waals surface area contributed by atoms with E-state index >= 15 is 0 Å². The average Bonchev–Trinajstić information content (AvgIpc) is 3.15. The molecule has 0 fully saturated rings. The molecule has 1 N–H and O–H groups in total. The van der Waals surface area contributed by atoms with Crippen LogP contribution in [0.1, 0.15) is 0 Å². The van der Waals surface area contributed by atoms with Crippen LogP contribution in [-0.2, 0) is 35.8 Å². The maximum atomic E-state index is 11.5. The molecule has 0 aliphatic heterocycles. The molecule has 0 rings (SSSR count). The Morgan fingerprint density at radius 2 is 0.634 bits per heavy atom. The van der Waals surface area contributed by atoms with Gasteiger partial charge in [0.05, 0.1) is 0 Å². The van der Waals surface area contributed by atoms with Crippen LogP contribution < -0.4 is 51.4 Å². The molecule has 0 amide bonds. The minimum absolute atomic E-state index is 0. The van der Waals surface area contributed by atoms with Crippen LogP contribution in [0, 0.1) is 6.33 Å². The molecule has 2 atom stereocenters. The van der Waals surface area contributed by atoms with E-state index < -0.39 is 106 Å². The Hall–Kier alpha value is 4.15. The normalized spacial score (nSPS) is 9.96. The zero-order valence-electron chi connectivity index (χ0n) is 31.1. The number of alkyl halides is 16. The summed E-state index contributed by atoms with van der Waals surface area (Å²) in [5.41, 5.74) is 0. The second-order valence-electron chi connectivity index (χ2n) is 6.67. The van der Waals surface area contributed by atoms with Gasteiger partial charge in [-0.25, -0.2) is 28.3 Å². The van der Waals surface area contributed by atoms with Crippen LogP contribution in [0.25, 0.3) is 0 Å². The maximum Gasteiger partial charge on any atom is 0 e. The van der Waals surface area contributed by atoms with Gasteiger partial charge < -0.3 is 9.87 Å². The van der Waals surface area contributed by atoms with Gasteiger partial charge in [0.25, 0.3) is 16.7 Å². The molecule has 0 aromatic heterocycles. The second kappa shape index (κ2) is 65.0. The van der Waals surface area contributed by atoms with Gasteiger partial charge in [0.2, 0.25) is 26.6 Å². The minimum Gasteiger partial charge on any atom is 0 e. The summed E-state index contributed by atoms with van der Waals surface area (Å²) in [6, 6.07) is 0. The third-order valence-corrected chi connectivity index (χ3v) is 7.91. The quantitative estimate of drug-likeness (QED) is 0.0907. The Bertz CT molecular complexity index is 1320. The van der Waals surface area contributed by atoms with Crippen LogP contribution in [0.4, 0.5) is 132 Å². The van der Waals surface area contributed by atoms with Crippen molar-refractivity contribution in [2.24, 2.45) is 0 Å². The summed E-state index contributed by atoms with van der Waals surface area (Å²) in [5.74, 6) is -5.64. The molecule has 71 heavy (non-hydrogen) atoms. The van der Waals surface area contributed by atoms with Crippen molar-refractivity contribution in [1.82, 2.24) is 0 Å². The summed E-state index contributed by atoms with van der Waals surface area (Å²) in [6.07, 6.45) is -18.8. The van der Waals surface area contributed by atoms with Gasteiger partial charge in [0.15, 0.2) is 6.33 Å². The number of halogens is 45. The van der Waals surface area contributed by atoms with Gasteiger partial charge in [-0.15, -0.1) is 0 Å². The molecular weight excluding hydrogens is 1820 g/mol. The number of hydrogen-bond acceptors (Lipinski definition) is 1. The molecule has 0 saturated carbocycles. The van der Waals surface area contributed by atoms with Gasteiger partial charge in [-0.3, -0.25) is 0 Å². The first kappa shape index (κ1) is 111. The van der Waals surface area contributed by atoms with E-state index in [2.05, 4.69) is 71.6 Å². The predicted octanol–water partition coefficient (Wildman–Crippen LogP) is 22.3. The van der Waals surface area contributed by atoms with Gasteiger partial charge in [-0.05, 0) is 114 Å². The van der Waals surface area contributed by atoms with Crippen LogP contribution in [0.3, 0.4) is 0 Å². The molecular formula is C22H4Br6Cl9F30KOZn2. The van der Waals surface area contributed by atoms with Crippen molar-refractivity contribution in [1.29, 1.82) is 0 Å². The number of hydrogen-bond donors (Lipinski definition) is 0. The van der Waals surface area contributed by atoms with Gasteiger partial charge >= 0.3 is 131 Å². The van der Waals surface area contributed by atoms with Gasteiger partial charge in [0.1, 0.15) is 15.1 Å². The van der Waals surface area contributed by atoms with Crippen molar-refractivity contribution in [2.75, 3.05) is 0 Å². The Morgan fingerprint density at radius 1 is 0.507 bits per heavy atom. The van der Waals surface area contributed by atoms with Crippen LogP contribution in [0.5, 0.6) is 0 Å². The standard InChI is InChI=1S/C4F6.2C2HBr2F3.C2BrF3.C2Cl4.C2Cl3F3.2C2ClF3.C2HF3.C2F3.BrH.K.H2O.2Zn/c5-1(3(7)8)2(6)4(9)10;2*3-1(5)2(4,6)7;2*3-1(4)2(5)6;3-1(4,6)2(5,7)8;2*3-1(4)2(5)6;2*3-1-2(4)5;;;;;/h;2*1H;;;;;;1H;;1H;;1H2;;/q;;;;;;;;;-1;;+1;;;+2/p-2. The van der Waals surface area contributed by atoms with Crippen molar-refractivity contribution in [2.45, 2.75) is 29.8 Å². The summed E-state index contributed by atoms with van der Waals surface area (Å²) >= 11 is 54.4. The number of rotatable bonds is 4. The van der Waals surface area contributed by atoms with E-state index in [0.29, 0.717) is 0 Å². The van der Waals surface area contributed by atoms with E-state index in [4.69, 9.17) is 46.4 Å². The van der Waals surface area contributed by atoms with Crippen molar-refractivity contribution in [3.63, 3.8) is 0 Å². The fraction of sp³-hybridized carbons (Fsp3) is 0.273. The molecule has 0 radical (unpaired) electrons.